The fourth-order valence-electron chi connectivity index (χ4n) is 1.34. The molecule has 0 aliphatic carbocycles. The van der Waals surface area contributed by atoms with E-state index in [0.29, 0.717) is 12.2 Å². The largest absolute Gasteiger partial charge is 0.399 e. The molecule has 0 radical (unpaired) electrons. The Morgan fingerprint density at radius 1 is 1.44 bits per heavy atom. The molecule has 100 valence electrons. The zero-order valence-corrected chi connectivity index (χ0v) is 11.5. The number of carbonyl (C=O) groups excluding carboxylic acids is 1. The van der Waals surface area contributed by atoms with E-state index in [9.17, 15) is 13.2 Å². The highest BCUT2D eigenvalue weighted by Gasteiger charge is 2.21. The maximum Gasteiger partial charge on any atom is 0.235 e. The number of rotatable bonds is 5. The SMILES string of the molecule is CCCNC(=O)CS(=O)(=O)c1ccc(N)cc1Cl. The first-order valence-electron chi connectivity index (χ1n) is 5.41. The molecule has 0 fully saturated rings. The van der Waals surface area contributed by atoms with Crippen LogP contribution in [0.25, 0.3) is 0 Å². The second-order valence-electron chi connectivity index (χ2n) is 3.80. The van der Waals surface area contributed by atoms with Crippen LogP contribution in [-0.4, -0.2) is 26.6 Å². The molecular formula is C11H15ClN2O3S. The minimum absolute atomic E-state index is 0.0262. The van der Waals surface area contributed by atoms with Crippen LogP contribution < -0.4 is 11.1 Å². The minimum Gasteiger partial charge on any atom is -0.399 e. The van der Waals surface area contributed by atoms with Gasteiger partial charge in [0.15, 0.2) is 9.84 Å². The Balaban J connectivity index is 2.90. The Bertz CT molecular complexity index is 543. The maximum absolute atomic E-state index is 12.0. The van der Waals surface area contributed by atoms with Gasteiger partial charge in [-0.05, 0) is 24.6 Å². The van der Waals surface area contributed by atoms with Crippen molar-refractivity contribution in [2.75, 3.05) is 18.0 Å². The lowest BCUT2D eigenvalue weighted by Crippen LogP contribution is -2.30. The van der Waals surface area contributed by atoms with E-state index in [2.05, 4.69) is 5.32 Å². The maximum atomic E-state index is 12.0. The number of nitrogen functional groups attached to an aromatic ring is 1. The molecule has 0 bridgehead atoms. The van der Waals surface area contributed by atoms with Crippen molar-refractivity contribution < 1.29 is 13.2 Å². The van der Waals surface area contributed by atoms with Crippen LogP contribution in [0.5, 0.6) is 0 Å². The van der Waals surface area contributed by atoms with Gasteiger partial charge in [-0.15, -0.1) is 0 Å². The van der Waals surface area contributed by atoms with Crippen LogP contribution >= 0.6 is 11.6 Å². The topological polar surface area (TPSA) is 89.3 Å². The number of nitrogens with one attached hydrogen (secondary N) is 1. The molecule has 1 amide bonds. The number of amides is 1. The molecule has 0 heterocycles. The van der Waals surface area contributed by atoms with Crippen LogP contribution in [0.2, 0.25) is 5.02 Å². The third-order valence-corrected chi connectivity index (χ3v) is 4.28. The van der Waals surface area contributed by atoms with Crippen LogP contribution in [-0.2, 0) is 14.6 Å². The Kier molecular flexibility index (Phi) is 4.98. The smallest absolute Gasteiger partial charge is 0.235 e. The Morgan fingerprint density at radius 2 is 2.11 bits per heavy atom. The summed E-state index contributed by atoms with van der Waals surface area (Å²) in [4.78, 5) is 11.3. The van der Waals surface area contributed by atoms with Crippen molar-refractivity contribution in [1.29, 1.82) is 0 Å². The minimum atomic E-state index is -3.74. The van der Waals surface area contributed by atoms with Crippen LogP contribution in [0.3, 0.4) is 0 Å². The molecule has 3 N–H and O–H groups in total. The molecular weight excluding hydrogens is 276 g/mol. The first-order chi connectivity index (χ1) is 8.36. The van der Waals surface area contributed by atoms with E-state index in [1.54, 1.807) is 0 Å². The standard InChI is InChI=1S/C11H15ClN2O3S/c1-2-5-14-11(15)7-18(16,17)10-4-3-8(13)6-9(10)12/h3-4,6H,2,5,7,13H2,1H3,(H,14,15). The summed E-state index contributed by atoms with van der Waals surface area (Å²) in [7, 11) is -3.74. The number of hydrogen-bond acceptors (Lipinski definition) is 4. The summed E-state index contributed by atoms with van der Waals surface area (Å²) in [5.74, 6) is -1.15. The third kappa shape index (κ3) is 3.89. The lowest BCUT2D eigenvalue weighted by atomic mass is 10.3. The number of carbonyl (C=O) groups is 1. The fourth-order valence-corrected chi connectivity index (χ4v) is 3.11. The normalized spacial score (nSPS) is 11.2. The van der Waals surface area contributed by atoms with Crippen LogP contribution in [0, 0.1) is 0 Å². The second-order valence-corrected chi connectivity index (χ2v) is 6.16. The fraction of sp³-hybridized carbons (Fsp3) is 0.364. The van der Waals surface area contributed by atoms with Gasteiger partial charge in [-0.3, -0.25) is 4.79 Å². The summed E-state index contributed by atoms with van der Waals surface area (Å²) in [5, 5.41) is 2.53. The summed E-state index contributed by atoms with van der Waals surface area (Å²) in [6.45, 7) is 2.33. The van der Waals surface area contributed by atoms with Crippen molar-refractivity contribution in [3.05, 3.63) is 23.2 Å². The molecule has 0 atom stereocenters. The average molecular weight is 291 g/mol. The highest BCUT2D eigenvalue weighted by molar-refractivity contribution is 7.92. The molecule has 1 aromatic rings. The molecule has 1 rings (SSSR count). The number of halogens is 1. The highest BCUT2D eigenvalue weighted by Crippen LogP contribution is 2.24. The molecule has 18 heavy (non-hydrogen) atoms. The van der Waals surface area contributed by atoms with Crippen molar-refractivity contribution in [1.82, 2.24) is 5.32 Å². The summed E-state index contributed by atoms with van der Waals surface area (Å²) >= 11 is 5.81. The molecule has 0 saturated heterocycles. The van der Waals surface area contributed by atoms with Gasteiger partial charge in [0.2, 0.25) is 5.91 Å². The number of anilines is 1. The molecule has 0 aliphatic heterocycles. The van der Waals surface area contributed by atoms with E-state index in [4.69, 9.17) is 17.3 Å². The van der Waals surface area contributed by atoms with Gasteiger partial charge in [-0.2, -0.15) is 0 Å². The molecule has 0 unspecified atom stereocenters. The number of hydrogen-bond donors (Lipinski definition) is 2. The number of nitrogens with two attached hydrogens (primary N) is 1. The molecule has 0 aliphatic rings. The van der Waals surface area contributed by atoms with E-state index in [-0.39, 0.29) is 9.92 Å². The Labute approximate surface area is 111 Å². The average Bonchev–Trinajstić information content (AvgIpc) is 2.25. The third-order valence-electron chi connectivity index (χ3n) is 2.18. The first kappa shape index (κ1) is 14.8. The predicted octanol–water partition coefficient (Wildman–Crippen LogP) is 1.22. The van der Waals surface area contributed by atoms with Gasteiger partial charge in [0, 0.05) is 12.2 Å². The van der Waals surface area contributed by atoms with Crippen molar-refractivity contribution >= 4 is 33.0 Å². The lowest BCUT2D eigenvalue weighted by molar-refractivity contribution is -0.118. The van der Waals surface area contributed by atoms with Gasteiger partial charge in [0.05, 0.1) is 9.92 Å². The van der Waals surface area contributed by atoms with E-state index >= 15 is 0 Å². The van der Waals surface area contributed by atoms with Crippen molar-refractivity contribution in [2.45, 2.75) is 18.2 Å². The monoisotopic (exact) mass is 290 g/mol. The highest BCUT2D eigenvalue weighted by atomic mass is 35.5. The summed E-state index contributed by atoms with van der Waals surface area (Å²) in [5.41, 5.74) is 5.85. The van der Waals surface area contributed by atoms with E-state index < -0.39 is 21.5 Å². The van der Waals surface area contributed by atoms with Crippen molar-refractivity contribution in [3.63, 3.8) is 0 Å². The van der Waals surface area contributed by atoms with Crippen LogP contribution in [0.15, 0.2) is 23.1 Å². The number of sulfone groups is 1. The Morgan fingerprint density at radius 3 is 2.67 bits per heavy atom. The van der Waals surface area contributed by atoms with E-state index in [1.807, 2.05) is 6.92 Å². The molecule has 0 aromatic heterocycles. The van der Waals surface area contributed by atoms with Gasteiger partial charge in [0.1, 0.15) is 5.75 Å². The van der Waals surface area contributed by atoms with E-state index in [1.165, 1.54) is 18.2 Å². The van der Waals surface area contributed by atoms with Crippen LogP contribution in [0.4, 0.5) is 5.69 Å². The summed E-state index contributed by atoms with van der Waals surface area (Å²) in [6, 6.07) is 4.08. The van der Waals surface area contributed by atoms with Gasteiger partial charge < -0.3 is 11.1 Å². The first-order valence-corrected chi connectivity index (χ1v) is 7.44. The summed E-state index contributed by atoms with van der Waals surface area (Å²) in [6.07, 6.45) is 0.744. The molecule has 7 heteroatoms. The quantitative estimate of drug-likeness (QED) is 0.798. The lowest BCUT2D eigenvalue weighted by Gasteiger charge is -2.07. The molecule has 5 nitrogen and oxygen atoms in total. The van der Waals surface area contributed by atoms with Crippen molar-refractivity contribution in [2.24, 2.45) is 0 Å². The van der Waals surface area contributed by atoms with E-state index in [0.717, 1.165) is 6.42 Å². The Hall–Kier alpha value is -1.27. The van der Waals surface area contributed by atoms with Crippen LogP contribution in [0.1, 0.15) is 13.3 Å². The van der Waals surface area contributed by atoms with Gasteiger partial charge in [0.25, 0.3) is 0 Å². The number of benzene rings is 1. The van der Waals surface area contributed by atoms with Gasteiger partial charge in [-0.25, -0.2) is 8.42 Å². The molecule has 0 saturated carbocycles. The van der Waals surface area contributed by atoms with Crippen molar-refractivity contribution in [3.8, 4) is 0 Å². The molecule has 1 aromatic carbocycles. The molecule has 0 spiro atoms. The van der Waals surface area contributed by atoms with Gasteiger partial charge >= 0.3 is 0 Å². The zero-order valence-electron chi connectivity index (χ0n) is 9.94. The predicted molar refractivity (Wildman–Crippen MR) is 71.2 cm³/mol. The second kappa shape index (κ2) is 6.06. The zero-order chi connectivity index (χ0) is 13.8. The summed E-state index contributed by atoms with van der Waals surface area (Å²) < 4.78 is 23.9. The van der Waals surface area contributed by atoms with Gasteiger partial charge in [-0.1, -0.05) is 18.5 Å².